The number of benzene rings is 6. The fourth-order valence-corrected chi connectivity index (χ4v) is 7.30. The lowest BCUT2D eigenvalue weighted by atomic mass is 9.70. The van der Waals surface area contributed by atoms with Gasteiger partial charge in [0.2, 0.25) is 0 Å². The van der Waals surface area contributed by atoms with E-state index < -0.39 is 0 Å². The van der Waals surface area contributed by atoms with Gasteiger partial charge in [-0.05, 0) is 62.9 Å². The van der Waals surface area contributed by atoms with Gasteiger partial charge in [0.15, 0.2) is 0 Å². The number of furan rings is 1. The number of hydrogen-bond donors (Lipinski definition) is 0. The van der Waals surface area contributed by atoms with E-state index in [0.717, 1.165) is 60.5 Å². The Hall–Kier alpha value is -5.28. The molecule has 0 bridgehead atoms. The molecule has 6 aromatic carbocycles. The number of allylic oxidation sites excluding steroid dienone is 5. The minimum absolute atomic E-state index is 0.0162. The van der Waals surface area contributed by atoms with Crippen LogP contribution in [0.15, 0.2) is 143 Å². The first-order valence-corrected chi connectivity index (χ1v) is 14.6. The zero-order chi connectivity index (χ0) is 28.7. The van der Waals surface area contributed by atoms with Gasteiger partial charge in [0.1, 0.15) is 22.8 Å². The summed E-state index contributed by atoms with van der Waals surface area (Å²) in [6, 6.07) is 35.8. The van der Waals surface area contributed by atoms with Gasteiger partial charge in [-0.25, -0.2) is 8.78 Å². The van der Waals surface area contributed by atoms with Crippen molar-refractivity contribution < 1.29 is 13.2 Å². The van der Waals surface area contributed by atoms with Crippen LogP contribution >= 0.6 is 0 Å². The lowest BCUT2D eigenvalue weighted by molar-refractivity contribution is 0.614. The first kappa shape index (κ1) is 24.3. The monoisotopic (exact) mass is 558 g/mol. The average molecular weight is 559 g/mol. The van der Waals surface area contributed by atoms with E-state index >= 15 is 8.78 Å². The van der Waals surface area contributed by atoms with Gasteiger partial charge >= 0.3 is 0 Å². The Morgan fingerprint density at radius 2 is 1.30 bits per heavy atom. The second-order valence-corrected chi connectivity index (χ2v) is 11.5. The SMILES string of the molecule is FC1=C2C=CC=CC2C(c2ccc3oc4cc(-c5c6ccccc6c(F)c6ccccc56)ccc4c3c2)c2ccccc21. The maximum absolute atomic E-state index is 15.6. The molecule has 204 valence electrons. The van der Waals surface area contributed by atoms with E-state index in [-0.39, 0.29) is 23.5 Å². The number of fused-ring (bicyclic) bond motifs is 7. The van der Waals surface area contributed by atoms with Crippen molar-refractivity contribution >= 4 is 49.3 Å². The maximum Gasteiger partial charge on any atom is 0.138 e. The van der Waals surface area contributed by atoms with Crippen molar-refractivity contribution in [2.45, 2.75) is 5.92 Å². The summed E-state index contributed by atoms with van der Waals surface area (Å²) < 4.78 is 37.5. The van der Waals surface area contributed by atoms with Crippen molar-refractivity contribution in [3.05, 3.63) is 162 Å². The summed E-state index contributed by atoms with van der Waals surface area (Å²) in [4.78, 5) is 0. The smallest absolute Gasteiger partial charge is 0.138 e. The summed E-state index contributed by atoms with van der Waals surface area (Å²) >= 11 is 0. The van der Waals surface area contributed by atoms with Gasteiger partial charge in [-0.2, -0.15) is 0 Å². The summed E-state index contributed by atoms with van der Waals surface area (Å²) in [6.07, 6.45) is 7.93. The highest BCUT2D eigenvalue weighted by Gasteiger charge is 2.35. The maximum atomic E-state index is 15.6. The van der Waals surface area contributed by atoms with E-state index in [4.69, 9.17) is 4.42 Å². The summed E-state index contributed by atoms with van der Waals surface area (Å²) in [5, 5.41) is 5.00. The molecule has 1 heterocycles. The highest BCUT2D eigenvalue weighted by atomic mass is 19.1. The van der Waals surface area contributed by atoms with E-state index in [2.05, 4.69) is 36.4 Å². The molecule has 1 aromatic heterocycles. The second kappa shape index (κ2) is 9.11. The summed E-state index contributed by atoms with van der Waals surface area (Å²) in [7, 11) is 0. The van der Waals surface area contributed by atoms with Gasteiger partial charge in [0, 0.05) is 38.9 Å². The number of hydrogen-bond acceptors (Lipinski definition) is 1. The van der Waals surface area contributed by atoms with Crippen molar-refractivity contribution in [2.75, 3.05) is 0 Å². The van der Waals surface area contributed by atoms with E-state index in [9.17, 15) is 0 Å². The van der Waals surface area contributed by atoms with Crippen molar-refractivity contribution in [1.29, 1.82) is 0 Å². The van der Waals surface area contributed by atoms with Crippen LogP contribution in [0.5, 0.6) is 0 Å². The Labute approximate surface area is 246 Å². The van der Waals surface area contributed by atoms with Gasteiger partial charge in [-0.3, -0.25) is 0 Å². The molecule has 2 atom stereocenters. The Kier molecular flexibility index (Phi) is 5.15. The molecule has 0 spiro atoms. The van der Waals surface area contributed by atoms with Gasteiger partial charge < -0.3 is 4.42 Å². The Bertz CT molecular complexity index is 2330. The van der Waals surface area contributed by atoms with E-state index in [1.165, 1.54) is 0 Å². The highest BCUT2D eigenvalue weighted by molar-refractivity contribution is 6.14. The standard InChI is InChI=1S/C40H24F2O/c41-39-30-13-5-1-9-26(30)37(27-10-2-6-14-31(27)39)23-18-20-35-34(21-23)25-19-17-24(22-36(25)43-35)38-28-11-3-7-15-32(28)40(42)33-16-8-4-12-29(33)38/h1-22,26,37H. The molecule has 0 amide bonds. The lowest BCUT2D eigenvalue weighted by Gasteiger charge is -2.34. The number of halogens is 2. The van der Waals surface area contributed by atoms with Crippen LogP contribution < -0.4 is 0 Å². The molecule has 2 aliphatic carbocycles. The fourth-order valence-electron chi connectivity index (χ4n) is 7.30. The lowest BCUT2D eigenvalue weighted by Crippen LogP contribution is -2.21. The quantitative estimate of drug-likeness (QED) is 0.192. The molecule has 1 nitrogen and oxygen atoms in total. The summed E-state index contributed by atoms with van der Waals surface area (Å²) in [5.41, 5.74) is 7.06. The predicted molar refractivity (Wildman–Crippen MR) is 172 cm³/mol. The van der Waals surface area contributed by atoms with Crippen LogP contribution in [0.1, 0.15) is 22.6 Å². The van der Waals surface area contributed by atoms with Crippen LogP contribution in [0, 0.1) is 11.7 Å². The Balaban J connectivity index is 1.23. The molecule has 0 N–H and O–H groups in total. The van der Waals surface area contributed by atoms with Crippen molar-refractivity contribution in [3.8, 4) is 11.1 Å². The third-order valence-electron chi connectivity index (χ3n) is 9.22. The van der Waals surface area contributed by atoms with E-state index in [1.54, 1.807) is 0 Å². The Morgan fingerprint density at radius 1 is 0.581 bits per heavy atom. The zero-order valence-corrected chi connectivity index (χ0v) is 23.0. The molecule has 2 aliphatic rings. The molecule has 0 radical (unpaired) electrons. The van der Waals surface area contributed by atoms with E-state index in [0.29, 0.717) is 16.3 Å². The minimum atomic E-state index is -0.197. The van der Waals surface area contributed by atoms with Crippen LogP contribution in [0.2, 0.25) is 0 Å². The highest BCUT2D eigenvalue weighted by Crippen LogP contribution is 2.49. The summed E-state index contributed by atoms with van der Waals surface area (Å²) in [6.45, 7) is 0. The third kappa shape index (κ3) is 3.48. The molecule has 0 saturated heterocycles. The van der Waals surface area contributed by atoms with Gasteiger partial charge in [-0.1, -0.05) is 109 Å². The first-order valence-electron chi connectivity index (χ1n) is 14.6. The van der Waals surface area contributed by atoms with Crippen molar-refractivity contribution in [3.63, 3.8) is 0 Å². The molecule has 7 aromatic rings. The molecule has 0 fully saturated rings. The average Bonchev–Trinajstić information content (AvgIpc) is 3.42. The normalized spacial score (nSPS) is 17.7. The van der Waals surface area contributed by atoms with Crippen LogP contribution in [-0.2, 0) is 0 Å². The molecule has 43 heavy (non-hydrogen) atoms. The molecule has 2 unspecified atom stereocenters. The Morgan fingerprint density at radius 3 is 2.09 bits per heavy atom. The molecule has 0 saturated carbocycles. The van der Waals surface area contributed by atoms with E-state index in [1.807, 2.05) is 97.1 Å². The van der Waals surface area contributed by atoms with Gasteiger partial charge in [-0.15, -0.1) is 0 Å². The summed E-state index contributed by atoms with van der Waals surface area (Å²) in [5.74, 6) is -0.432. The fraction of sp³-hybridized carbons (Fsp3) is 0.0500. The molecular formula is C40H24F2O. The molecule has 0 aliphatic heterocycles. The van der Waals surface area contributed by atoms with Crippen LogP contribution in [0.4, 0.5) is 8.78 Å². The minimum Gasteiger partial charge on any atom is -0.456 e. The molecular weight excluding hydrogens is 534 g/mol. The molecule has 9 rings (SSSR count). The van der Waals surface area contributed by atoms with Gasteiger partial charge in [0.05, 0.1) is 0 Å². The second-order valence-electron chi connectivity index (χ2n) is 11.5. The zero-order valence-electron chi connectivity index (χ0n) is 23.0. The number of rotatable bonds is 2. The topological polar surface area (TPSA) is 13.1 Å². The van der Waals surface area contributed by atoms with Crippen LogP contribution in [0.25, 0.3) is 60.4 Å². The largest absolute Gasteiger partial charge is 0.456 e. The van der Waals surface area contributed by atoms with Crippen LogP contribution in [0.3, 0.4) is 0 Å². The van der Waals surface area contributed by atoms with Gasteiger partial charge in [0.25, 0.3) is 0 Å². The third-order valence-corrected chi connectivity index (χ3v) is 9.22. The van der Waals surface area contributed by atoms with Crippen molar-refractivity contribution in [2.24, 2.45) is 5.92 Å². The predicted octanol–water partition coefficient (Wildman–Crippen LogP) is 11.3. The molecule has 3 heteroatoms. The van der Waals surface area contributed by atoms with Crippen LogP contribution in [-0.4, -0.2) is 0 Å². The first-order chi connectivity index (χ1) is 21.2. The van der Waals surface area contributed by atoms with Crippen molar-refractivity contribution in [1.82, 2.24) is 0 Å².